The molecular formula is C23H21N3O3S. The largest absolute Gasteiger partial charge is 0.497 e. The number of ether oxygens (including phenoxy) is 1. The van der Waals surface area contributed by atoms with Crippen molar-refractivity contribution in [1.29, 1.82) is 0 Å². The molecule has 6 nitrogen and oxygen atoms in total. The van der Waals surface area contributed by atoms with E-state index in [2.05, 4.69) is 4.98 Å². The van der Waals surface area contributed by atoms with Gasteiger partial charge in [-0.25, -0.2) is 9.78 Å². The summed E-state index contributed by atoms with van der Waals surface area (Å²) in [6.45, 7) is 4.31. The predicted molar refractivity (Wildman–Crippen MR) is 117 cm³/mol. The van der Waals surface area contributed by atoms with Crippen LogP contribution in [0.5, 0.6) is 5.75 Å². The van der Waals surface area contributed by atoms with Crippen LogP contribution in [-0.2, 0) is 6.54 Å². The topological polar surface area (TPSA) is 77.2 Å². The summed E-state index contributed by atoms with van der Waals surface area (Å²) >= 11 is 1.52. The van der Waals surface area contributed by atoms with Crippen molar-refractivity contribution in [2.45, 2.75) is 20.4 Å². The van der Waals surface area contributed by atoms with Crippen LogP contribution in [0.15, 0.2) is 54.0 Å². The molecule has 0 aliphatic rings. The number of aromatic carboxylic acids is 1. The molecule has 152 valence electrons. The standard InChI is InChI=1S/C23H21N3O3S/c1-14-4-7-17(11-24-14)22-25-20(13-30-22)21-10-19(23(27)28)15(2)26(21)12-16-5-8-18(29-3)9-6-16/h4-11,13H,12H2,1-3H3,(H,27,28). The van der Waals surface area contributed by atoms with Crippen LogP contribution < -0.4 is 4.74 Å². The number of nitrogens with zero attached hydrogens (tertiary/aromatic N) is 3. The lowest BCUT2D eigenvalue weighted by Gasteiger charge is -2.11. The number of hydrogen-bond donors (Lipinski definition) is 1. The first-order chi connectivity index (χ1) is 14.5. The van der Waals surface area contributed by atoms with Gasteiger partial charge in [-0.3, -0.25) is 4.98 Å². The van der Waals surface area contributed by atoms with Crippen molar-refractivity contribution in [2.75, 3.05) is 7.11 Å². The lowest BCUT2D eigenvalue weighted by atomic mass is 10.2. The fourth-order valence-corrected chi connectivity index (χ4v) is 4.11. The van der Waals surface area contributed by atoms with Gasteiger partial charge in [-0.15, -0.1) is 11.3 Å². The first-order valence-electron chi connectivity index (χ1n) is 9.41. The van der Waals surface area contributed by atoms with Crippen molar-refractivity contribution in [2.24, 2.45) is 0 Å². The number of carbonyl (C=O) groups is 1. The van der Waals surface area contributed by atoms with E-state index in [1.807, 2.05) is 66.4 Å². The Morgan fingerprint density at radius 3 is 2.57 bits per heavy atom. The third kappa shape index (κ3) is 3.84. The summed E-state index contributed by atoms with van der Waals surface area (Å²) in [5.41, 5.74) is 5.45. The highest BCUT2D eigenvalue weighted by atomic mass is 32.1. The van der Waals surface area contributed by atoms with Gasteiger partial charge < -0.3 is 14.4 Å². The average molecular weight is 420 g/mol. The van der Waals surface area contributed by atoms with E-state index in [1.54, 1.807) is 13.2 Å². The molecule has 1 N–H and O–H groups in total. The van der Waals surface area contributed by atoms with Crippen LogP contribution in [0.1, 0.15) is 27.3 Å². The molecule has 0 amide bonds. The van der Waals surface area contributed by atoms with E-state index in [0.717, 1.165) is 39.0 Å². The SMILES string of the molecule is COc1ccc(Cn2c(-c3csc(-c4ccc(C)nc4)n3)cc(C(=O)O)c2C)cc1. The molecule has 30 heavy (non-hydrogen) atoms. The average Bonchev–Trinajstić information content (AvgIpc) is 3.35. The molecule has 0 spiro atoms. The van der Waals surface area contributed by atoms with Crippen LogP contribution in [0.4, 0.5) is 0 Å². The number of carboxylic acids is 1. The van der Waals surface area contributed by atoms with E-state index in [4.69, 9.17) is 9.72 Å². The Labute approximate surface area is 178 Å². The fraction of sp³-hybridized carbons (Fsp3) is 0.174. The molecule has 0 aliphatic carbocycles. The highest BCUT2D eigenvalue weighted by molar-refractivity contribution is 7.13. The molecular weight excluding hydrogens is 398 g/mol. The van der Waals surface area contributed by atoms with E-state index in [-0.39, 0.29) is 5.56 Å². The Kier molecular flexibility index (Phi) is 5.37. The van der Waals surface area contributed by atoms with Crippen molar-refractivity contribution in [3.8, 4) is 27.7 Å². The van der Waals surface area contributed by atoms with Gasteiger partial charge in [0, 0.05) is 35.1 Å². The Morgan fingerprint density at radius 2 is 1.93 bits per heavy atom. The zero-order chi connectivity index (χ0) is 21.3. The van der Waals surface area contributed by atoms with E-state index in [1.165, 1.54) is 11.3 Å². The third-order valence-electron chi connectivity index (χ3n) is 5.02. The zero-order valence-corrected chi connectivity index (χ0v) is 17.7. The summed E-state index contributed by atoms with van der Waals surface area (Å²) < 4.78 is 7.22. The molecule has 7 heteroatoms. The smallest absolute Gasteiger partial charge is 0.337 e. The summed E-state index contributed by atoms with van der Waals surface area (Å²) in [5, 5.41) is 12.4. The van der Waals surface area contributed by atoms with Gasteiger partial charge in [0.15, 0.2) is 0 Å². The summed E-state index contributed by atoms with van der Waals surface area (Å²) in [4.78, 5) is 20.9. The third-order valence-corrected chi connectivity index (χ3v) is 5.91. The summed E-state index contributed by atoms with van der Waals surface area (Å²) in [6.07, 6.45) is 1.81. The van der Waals surface area contributed by atoms with Crippen LogP contribution in [0.2, 0.25) is 0 Å². The van der Waals surface area contributed by atoms with E-state index in [9.17, 15) is 9.90 Å². The second kappa shape index (κ2) is 8.12. The molecule has 0 bridgehead atoms. The monoisotopic (exact) mass is 419 g/mol. The van der Waals surface area contributed by atoms with Crippen molar-refractivity contribution < 1.29 is 14.6 Å². The van der Waals surface area contributed by atoms with Gasteiger partial charge in [-0.2, -0.15) is 0 Å². The normalized spacial score (nSPS) is 10.9. The van der Waals surface area contributed by atoms with Crippen LogP contribution in [0.3, 0.4) is 0 Å². The van der Waals surface area contributed by atoms with Crippen LogP contribution in [0, 0.1) is 13.8 Å². The number of aryl methyl sites for hydroxylation is 1. The lowest BCUT2D eigenvalue weighted by Crippen LogP contribution is -2.06. The molecule has 0 unspecified atom stereocenters. The van der Waals surface area contributed by atoms with Gasteiger partial charge in [0.1, 0.15) is 10.8 Å². The number of thiazole rings is 1. The number of carboxylic acid groups (broad SMARTS) is 1. The van der Waals surface area contributed by atoms with Crippen molar-refractivity contribution in [3.63, 3.8) is 0 Å². The fourth-order valence-electron chi connectivity index (χ4n) is 3.31. The predicted octanol–water partition coefficient (Wildman–Crippen LogP) is 5.05. The minimum absolute atomic E-state index is 0.282. The molecule has 0 radical (unpaired) electrons. The van der Waals surface area contributed by atoms with Crippen molar-refractivity contribution in [3.05, 3.63) is 76.6 Å². The number of rotatable bonds is 6. The van der Waals surface area contributed by atoms with E-state index >= 15 is 0 Å². The first-order valence-corrected chi connectivity index (χ1v) is 10.3. The Bertz CT molecular complexity index is 1190. The molecule has 0 saturated heterocycles. The molecule has 3 aromatic heterocycles. The molecule has 0 fully saturated rings. The maximum atomic E-state index is 11.8. The number of aromatic nitrogens is 3. The molecule has 1 aromatic carbocycles. The highest BCUT2D eigenvalue weighted by Gasteiger charge is 2.20. The Morgan fingerprint density at radius 1 is 1.17 bits per heavy atom. The van der Waals surface area contributed by atoms with Crippen molar-refractivity contribution >= 4 is 17.3 Å². The lowest BCUT2D eigenvalue weighted by molar-refractivity contribution is 0.0696. The highest BCUT2D eigenvalue weighted by Crippen LogP contribution is 2.32. The van der Waals surface area contributed by atoms with Crippen LogP contribution in [-0.4, -0.2) is 32.7 Å². The van der Waals surface area contributed by atoms with Crippen LogP contribution >= 0.6 is 11.3 Å². The van der Waals surface area contributed by atoms with Gasteiger partial charge in [0.25, 0.3) is 0 Å². The molecule has 3 heterocycles. The molecule has 0 saturated carbocycles. The molecule has 0 atom stereocenters. The van der Waals surface area contributed by atoms with E-state index in [0.29, 0.717) is 12.2 Å². The quantitative estimate of drug-likeness (QED) is 0.473. The van der Waals surface area contributed by atoms with Gasteiger partial charge >= 0.3 is 5.97 Å². The molecule has 4 aromatic rings. The van der Waals surface area contributed by atoms with Gasteiger partial charge in [-0.1, -0.05) is 12.1 Å². The maximum Gasteiger partial charge on any atom is 0.337 e. The second-order valence-corrected chi connectivity index (χ2v) is 7.85. The number of hydrogen-bond acceptors (Lipinski definition) is 5. The number of pyridine rings is 1. The minimum atomic E-state index is -0.944. The zero-order valence-electron chi connectivity index (χ0n) is 16.9. The minimum Gasteiger partial charge on any atom is -0.497 e. The second-order valence-electron chi connectivity index (χ2n) is 6.99. The molecule has 4 rings (SSSR count). The maximum absolute atomic E-state index is 11.8. The van der Waals surface area contributed by atoms with E-state index < -0.39 is 5.97 Å². The number of methoxy groups -OCH3 is 1. The van der Waals surface area contributed by atoms with Gasteiger partial charge in [0.2, 0.25) is 0 Å². The van der Waals surface area contributed by atoms with Gasteiger partial charge in [-0.05, 0) is 49.7 Å². The first kappa shape index (κ1) is 19.8. The number of benzene rings is 1. The van der Waals surface area contributed by atoms with Crippen LogP contribution in [0.25, 0.3) is 22.0 Å². The molecule has 0 aliphatic heterocycles. The Hall–Kier alpha value is -3.45. The van der Waals surface area contributed by atoms with Crippen molar-refractivity contribution in [1.82, 2.24) is 14.5 Å². The summed E-state index contributed by atoms with van der Waals surface area (Å²) in [7, 11) is 1.63. The Balaban J connectivity index is 1.74. The summed E-state index contributed by atoms with van der Waals surface area (Å²) in [6, 6.07) is 13.4. The van der Waals surface area contributed by atoms with Gasteiger partial charge in [0.05, 0.1) is 24.1 Å². The summed E-state index contributed by atoms with van der Waals surface area (Å²) in [5.74, 6) is -0.161.